The van der Waals surface area contributed by atoms with Gasteiger partial charge in [-0.05, 0) is 12.5 Å². The minimum Gasteiger partial charge on any atom is -0.479 e. The number of benzene rings is 1. The normalized spacial score (nSPS) is 14.2. The molecular weight excluding hydrogens is 279 g/mol. The van der Waals surface area contributed by atoms with Crippen molar-refractivity contribution in [3.05, 3.63) is 35.9 Å². The lowest BCUT2D eigenvalue weighted by molar-refractivity contribution is -0.204. The molecule has 0 spiro atoms. The summed E-state index contributed by atoms with van der Waals surface area (Å²) in [5.41, 5.74) is -2.84. The van der Waals surface area contributed by atoms with E-state index >= 15 is 0 Å². The van der Waals surface area contributed by atoms with Crippen molar-refractivity contribution >= 4 is 12.1 Å². The molecule has 5 nitrogen and oxygen atoms in total. The molecule has 1 amide bonds. The van der Waals surface area contributed by atoms with Crippen LogP contribution >= 0.6 is 0 Å². The number of carbonyl (C=O) groups is 2. The monoisotopic (exact) mass is 291 g/mol. The molecule has 110 valence electrons. The second-order valence-electron chi connectivity index (χ2n) is 4.11. The molecule has 0 fully saturated rings. The van der Waals surface area contributed by atoms with Gasteiger partial charge in [0.05, 0.1) is 0 Å². The summed E-state index contributed by atoms with van der Waals surface area (Å²) in [5, 5.41) is 9.93. The van der Waals surface area contributed by atoms with Gasteiger partial charge >= 0.3 is 18.2 Å². The summed E-state index contributed by atoms with van der Waals surface area (Å²) >= 11 is 0. The maximum absolute atomic E-state index is 12.6. The largest absolute Gasteiger partial charge is 0.479 e. The topological polar surface area (TPSA) is 75.6 Å². The lowest BCUT2D eigenvalue weighted by Gasteiger charge is -2.27. The quantitative estimate of drug-likeness (QED) is 0.892. The predicted molar refractivity (Wildman–Crippen MR) is 61.9 cm³/mol. The highest BCUT2D eigenvalue weighted by molar-refractivity contribution is 5.84. The Bertz CT molecular complexity index is 489. The molecule has 1 atom stereocenters. The third-order valence-corrected chi connectivity index (χ3v) is 2.56. The first-order chi connectivity index (χ1) is 9.17. The highest BCUT2D eigenvalue weighted by atomic mass is 19.4. The van der Waals surface area contributed by atoms with Crippen molar-refractivity contribution in [2.24, 2.45) is 0 Å². The van der Waals surface area contributed by atoms with Gasteiger partial charge in [-0.3, -0.25) is 5.32 Å². The van der Waals surface area contributed by atoms with Crippen LogP contribution in [0.5, 0.6) is 0 Å². The van der Waals surface area contributed by atoms with E-state index in [1.807, 2.05) is 0 Å². The fourth-order valence-electron chi connectivity index (χ4n) is 1.21. The first-order valence-electron chi connectivity index (χ1n) is 5.46. The zero-order valence-electron chi connectivity index (χ0n) is 10.4. The molecule has 2 N–H and O–H groups in total. The van der Waals surface area contributed by atoms with Gasteiger partial charge in [-0.25, -0.2) is 9.59 Å². The van der Waals surface area contributed by atoms with Crippen LogP contribution in [0.3, 0.4) is 0 Å². The molecule has 1 aromatic carbocycles. The van der Waals surface area contributed by atoms with Crippen molar-refractivity contribution in [2.75, 3.05) is 0 Å². The van der Waals surface area contributed by atoms with Crippen LogP contribution in [0.1, 0.15) is 12.5 Å². The first-order valence-corrected chi connectivity index (χ1v) is 5.46. The number of hydrogen-bond acceptors (Lipinski definition) is 3. The molecule has 0 saturated carbocycles. The van der Waals surface area contributed by atoms with Crippen LogP contribution < -0.4 is 5.32 Å². The second kappa shape index (κ2) is 5.81. The Balaban J connectivity index is 2.67. The number of halogens is 3. The Morgan fingerprint density at radius 1 is 1.25 bits per heavy atom. The van der Waals surface area contributed by atoms with Gasteiger partial charge in [0, 0.05) is 0 Å². The summed E-state index contributed by atoms with van der Waals surface area (Å²) in [5.74, 6) is -2.22. The van der Waals surface area contributed by atoms with Crippen LogP contribution in [0.2, 0.25) is 0 Å². The Labute approximate surface area is 112 Å². The lowest BCUT2D eigenvalue weighted by atomic mass is 10.0. The molecule has 0 heterocycles. The number of carbonyl (C=O) groups excluding carboxylic acids is 1. The third kappa shape index (κ3) is 3.62. The van der Waals surface area contributed by atoms with E-state index in [1.54, 1.807) is 30.3 Å². The molecule has 1 rings (SSSR count). The van der Waals surface area contributed by atoms with Crippen LogP contribution in [0, 0.1) is 0 Å². The molecule has 0 aromatic heterocycles. The zero-order valence-corrected chi connectivity index (χ0v) is 10.4. The summed E-state index contributed by atoms with van der Waals surface area (Å²) in [6.07, 6.45) is -6.61. The van der Waals surface area contributed by atoms with E-state index in [4.69, 9.17) is 5.11 Å². The standard InChI is InChI=1S/C12H12F3NO4/c1-11(9(17)18,12(13,14)15)16-10(19)20-7-8-5-3-2-4-6-8/h2-6H,7H2,1H3,(H,16,19)(H,17,18). The highest BCUT2D eigenvalue weighted by Crippen LogP contribution is 2.30. The van der Waals surface area contributed by atoms with Crippen LogP contribution in [0.25, 0.3) is 0 Å². The number of alkyl carbamates (subject to hydrolysis) is 1. The average Bonchev–Trinajstić information content (AvgIpc) is 2.36. The number of carboxylic acid groups (broad SMARTS) is 1. The van der Waals surface area contributed by atoms with Crippen molar-refractivity contribution in [2.45, 2.75) is 25.2 Å². The number of rotatable bonds is 4. The van der Waals surface area contributed by atoms with Gasteiger partial charge in [0.25, 0.3) is 0 Å². The minimum absolute atomic E-state index is 0.264. The van der Waals surface area contributed by atoms with Crippen LogP contribution in [0.15, 0.2) is 30.3 Å². The molecule has 8 heteroatoms. The summed E-state index contributed by atoms with van der Waals surface area (Å²) in [6, 6.07) is 8.25. The fourth-order valence-corrected chi connectivity index (χ4v) is 1.21. The average molecular weight is 291 g/mol. The number of aliphatic carboxylic acids is 1. The molecule has 0 saturated heterocycles. The van der Waals surface area contributed by atoms with Crippen molar-refractivity contribution < 1.29 is 32.6 Å². The minimum atomic E-state index is -5.15. The molecule has 0 bridgehead atoms. The SMILES string of the molecule is CC(NC(=O)OCc1ccccc1)(C(=O)O)C(F)(F)F. The van der Waals surface area contributed by atoms with E-state index in [9.17, 15) is 22.8 Å². The molecule has 0 aliphatic rings. The number of amides is 1. The first kappa shape index (κ1) is 15.8. The molecule has 1 unspecified atom stereocenters. The van der Waals surface area contributed by atoms with Gasteiger partial charge in [0.15, 0.2) is 0 Å². The fraction of sp³-hybridized carbons (Fsp3) is 0.333. The van der Waals surface area contributed by atoms with Gasteiger partial charge in [-0.1, -0.05) is 30.3 Å². The smallest absolute Gasteiger partial charge is 0.422 e. The summed E-state index contributed by atoms with van der Waals surface area (Å²) < 4.78 is 42.4. The van der Waals surface area contributed by atoms with E-state index in [1.165, 1.54) is 5.32 Å². The van der Waals surface area contributed by atoms with E-state index in [-0.39, 0.29) is 6.61 Å². The van der Waals surface area contributed by atoms with Crippen molar-refractivity contribution in [1.82, 2.24) is 5.32 Å². The number of hydrogen-bond donors (Lipinski definition) is 2. The molecular formula is C12H12F3NO4. The number of nitrogens with one attached hydrogen (secondary N) is 1. The molecule has 0 radical (unpaired) electrons. The third-order valence-electron chi connectivity index (χ3n) is 2.56. The zero-order chi connectivity index (χ0) is 15.4. The lowest BCUT2D eigenvalue weighted by Crippen LogP contribution is -2.61. The van der Waals surface area contributed by atoms with E-state index in [0.717, 1.165) is 0 Å². The van der Waals surface area contributed by atoms with Crippen molar-refractivity contribution in [1.29, 1.82) is 0 Å². The Morgan fingerprint density at radius 2 is 1.80 bits per heavy atom. The molecule has 0 aliphatic heterocycles. The maximum atomic E-state index is 12.6. The van der Waals surface area contributed by atoms with E-state index < -0.39 is 23.8 Å². The van der Waals surface area contributed by atoms with Gasteiger partial charge in [-0.2, -0.15) is 13.2 Å². The molecule has 1 aromatic rings. The van der Waals surface area contributed by atoms with Crippen molar-refractivity contribution in [3.63, 3.8) is 0 Å². The Hall–Kier alpha value is -2.25. The molecule has 20 heavy (non-hydrogen) atoms. The summed E-state index contributed by atoms with van der Waals surface area (Å²) in [7, 11) is 0. The summed E-state index contributed by atoms with van der Waals surface area (Å²) in [4.78, 5) is 22.0. The van der Waals surface area contributed by atoms with Crippen LogP contribution in [-0.4, -0.2) is 28.9 Å². The Kier molecular flexibility index (Phi) is 4.59. The maximum Gasteiger partial charge on any atom is 0.422 e. The number of carboxylic acids is 1. The Morgan fingerprint density at radius 3 is 2.25 bits per heavy atom. The van der Waals surface area contributed by atoms with Gasteiger partial charge in [0.2, 0.25) is 5.54 Å². The van der Waals surface area contributed by atoms with Gasteiger partial charge < -0.3 is 9.84 Å². The van der Waals surface area contributed by atoms with E-state index in [0.29, 0.717) is 12.5 Å². The van der Waals surface area contributed by atoms with Gasteiger partial charge in [0.1, 0.15) is 6.61 Å². The number of ether oxygens (including phenoxy) is 1. The van der Waals surface area contributed by atoms with Crippen LogP contribution in [0.4, 0.5) is 18.0 Å². The summed E-state index contributed by atoms with van der Waals surface area (Å²) in [6.45, 7) is 0.0827. The van der Waals surface area contributed by atoms with Crippen molar-refractivity contribution in [3.8, 4) is 0 Å². The predicted octanol–water partition coefficient (Wildman–Crippen LogP) is 2.32. The highest BCUT2D eigenvalue weighted by Gasteiger charge is 2.58. The number of alkyl halides is 3. The van der Waals surface area contributed by atoms with Crippen LogP contribution in [-0.2, 0) is 16.1 Å². The van der Waals surface area contributed by atoms with E-state index in [2.05, 4.69) is 4.74 Å². The second-order valence-corrected chi connectivity index (χ2v) is 4.11. The molecule has 0 aliphatic carbocycles. The van der Waals surface area contributed by atoms with Gasteiger partial charge in [-0.15, -0.1) is 0 Å².